The number of hydrogen-bond acceptors (Lipinski definition) is 3. The predicted octanol–water partition coefficient (Wildman–Crippen LogP) is 2.66. The summed E-state index contributed by atoms with van der Waals surface area (Å²) in [6.07, 6.45) is 2.71. The molecular weight excluding hydrogens is 272 g/mol. The minimum atomic E-state index is -0.338. The van der Waals surface area contributed by atoms with Gasteiger partial charge in [-0.05, 0) is 51.5 Å². The van der Waals surface area contributed by atoms with Crippen LogP contribution in [0.5, 0.6) is 0 Å². The van der Waals surface area contributed by atoms with Crippen molar-refractivity contribution in [2.45, 2.75) is 51.6 Å². The van der Waals surface area contributed by atoms with Crippen LogP contribution in [0.2, 0.25) is 0 Å². The maximum Gasteiger partial charge on any atom is 0.255 e. The number of thiophene rings is 1. The van der Waals surface area contributed by atoms with Crippen LogP contribution >= 0.6 is 11.3 Å². The van der Waals surface area contributed by atoms with E-state index in [1.807, 2.05) is 37.6 Å². The molecule has 0 aromatic carbocycles. The zero-order valence-corrected chi connectivity index (χ0v) is 13.1. The van der Waals surface area contributed by atoms with Crippen LogP contribution in [0.3, 0.4) is 0 Å². The summed E-state index contributed by atoms with van der Waals surface area (Å²) in [6, 6.07) is 1.48. The maximum absolute atomic E-state index is 12.5. The molecule has 0 saturated carbocycles. The van der Waals surface area contributed by atoms with Crippen molar-refractivity contribution in [2.75, 3.05) is 6.54 Å². The third-order valence-electron chi connectivity index (χ3n) is 3.33. The minimum Gasteiger partial charge on any atom is -0.350 e. The number of nitrogens with one attached hydrogen (secondary N) is 1. The van der Waals surface area contributed by atoms with Gasteiger partial charge in [0.25, 0.3) is 5.91 Å². The van der Waals surface area contributed by atoms with Crippen molar-refractivity contribution in [3.63, 3.8) is 0 Å². The molecule has 1 fully saturated rings. The quantitative estimate of drug-likeness (QED) is 0.911. The van der Waals surface area contributed by atoms with Crippen molar-refractivity contribution in [3.8, 4) is 0 Å². The van der Waals surface area contributed by atoms with Crippen molar-refractivity contribution >= 4 is 23.2 Å². The topological polar surface area (TPSA) is 49.4 Å². The second-order valence-corrected chi connectivity index (χ2v) is 7.04. The average Bonchev–Trinajstić information content (AvgIpc) is 2.89. The number of carbonyl (C=O) groups excluding carboxylic acids is 2. The highest BCUT2D eigenvalue weighted by Crippen LogP contribution is 2.21. The molecule has 1 aromatic heterocycles. The van der Waals surface area contributed by atoms with Gasteiger partial charge in [-0.3, -0.25) is 9.59 Å². The molecule has 1 N–H and O–H groups in total. The van der Waals surface area contributed by atoms with Gasteiger partial charge in [-0.1, -0.05) is 0 Å². The Morgan fingerprint density at radius 3 is 2.70 bits per heavy atom. The van der Waals surface area contributed by atoms with Gasteiger partial charge < -0.3 is 10.2 Å². The molecule has 1 atom stereocenters. The van der Waals surface area contributed by atoms with E-state index in [1.165, 1.54) is 11.3 Å². The molecule has 1 saturated heterocycles. The minimum absolute atomic E-state index is 0.0278. The Labute approximate surface area is 124 Å². The van der Waals surface area contributed by atoms with Gasteiger partial charge in [-0.15, -0.1) is 0 Å². The Morgan fingerprint density at radius 1 is 1.35 bits per heavy atom. The van der Waals surface area contributed by atoms with E-state index in [4.69, 9.17) is 0 Å². The maximum atomic E-state index is 12.5. The Bertz CT molecular complexity index is 477. The van der Waals surface area contributed by atoms with Crippen molar-refractivity contribution < 1.29 is 9.59 Å². The summed E-state index contributed by atoms with van der Waals surface area (Å²) < 4.78 is 0. The van der Waals surface area contributed by atoms with Crippen LogP contribution in [-0.4, -0.2) is 34.8 Å². The smallest absolute Gasteiger partial charge is 0.255 e. The summed E-state index contributed by atoms with van der Waals surface area (Å²) in [5, 5.41) is 6.72. The fraction of sp³-hybridized carbons (Fsp3) is 0.600. The fourth-order valence-corrected chi connectivity index (χ4v) is 3.08. The van der Waals surface area contributed by atoms with Crippen LogP contribution < -0.4 is 5.32 Å². The zero-order chi connectivity index (χ0) is 14.8. The fourth-order valence-electron chi connectivity index (χ4n) is 2.45. The summed E-state index contributed by atoms with van der Waals surface area (Å²) in [7, 11) is 0. The van der Waals surface area contributed by atoms with Crippen molar-refractivity contribution in [1.82, 2.24) is 10.2 Å². The zero-order valence-electron chi connectivity index (χ0n) is 12.3. The number of rotatable bonds is 2. The average molecular weight is 294 g/mol. The number of likely N-dealkylation sites (tertiary alicyclic amines) is 1. The van der Waals surface area contributed by atoms with Gasteiger partial charge in [-0.2, -0.15) is 11.3 Å². The van der Waals surface area contributed by atoms with E-state index in [0.29, 0.717) is 12.1 Å². The van der Waals surface area contributed by atoms with Crippen LogP contribution in [-0.2, 0) is 4.79 Å². The van der Waals surface area contributed by atoms with Crippen LogP contribution in [0.15, 0.2) is 16.8 Å². The highest BCUT2D eigenvalue weighted by molar-refractivity contribution is 7.08. The number of hydrogen-bond donors (Lipinski definition) is 1. The van der Waals surface area contributed by atoms with Crippen LogP contribution in [0.4, 0.5) is 0 Å². The van der Waals surface area contributed by atoms with Crippen LogP contribution in [0.1, 0.15) is 50.4 Å². The lowest BCUT2D eigenvalue weighted by molar-refractivity contribution is -0.128. The molecule has 2 amide bonds. The molecule has 0 spiro atoms. The molecular formula is C15H22N2O2S. The van der Waals surface area contributed by atoms with Gasteiger partial charge >= 0.3 is 0 Å². The van der Waals surface area contributed by atoms with E-state index in [0.717, 1.165) is 19.3 Å². The molecule has 5 heteroatoms. The monoisotopic (exact) mass is 294 g/mol. The highest BCUT2D eigenvalue weighted by Gasteiger charge is 2.34. The van der Waals surface area contributed by atoms with E-state index in [1.54, 1.807) is 4.90 Å². The third kappa shape index (κ3) is 3.60. The molecule has 110 valence electrons. The lowest BCUT2D eigenvalue weighted by Gasteiger charge is -2.36. The molecule has 2 heterocycles. The molecule has 0 unspecified atom stereocenters. The van der Waals surface area contributed by atoms with E-state index < -0.39 is 0 Å². The van der Waals surface area contributed by atoms with E-state index >= 15 is 0 Å². The van der Waals surface area contributed by atoms with Gasteiger partial charge in [0.05, 0.1) is 5.56 Å². The summed E-state index contributed by atoms with van der Waals surface area (Å²) in [6.45, 7) is 6.53. The first-order chi connectivity index (χ1) is 9.38. The first kappa shape index (κ1) is 15.0. The Balaban J connectivity index is 2.13. The molecule has 2 rings (SSSR count). The molecule has 1 aliphatic heterocycles. The van der Waals surface area contributed by atoms with Crippen molar-refractivity contribution in [3.05, 3.63) is 22.4 Å². The summed E-state index contributed by atoms with van der Waals surface area (Å²) in [4.78, 5) is 26.6. The standard InChI is InChI=1S/C15H22N2O2S/c1-15(2,3)16-13(18)12-6-4-5-8-17(12)14(19)11-7-9-20-10-11/h7,9-10,12H,4-6,8H2,1-3H3,(H,16,18)/t12-/m0/s1. The number of piperidine rings is 1. The summed E-state index contributed by atoms with van der Waals surface area (Å²) in [5.41, 5.74) is 0.413. The van der Waals surface area contributed by atoms with E-state index in [9.17, 15) is 9.59 Å². The summed E-state index contributed by atoms with van der Waals surface area (Å²) in [5.74, 6) is -0.0687. The summed E-state index contributed by atoms with van der Waals surface area (Å²) >= 11 is 1.50. The first-order valence-corrected chi connectivity index (χ1v) is 7.98. The molecule has 1 aliphatic rings. The van der Waals surface area contributed by atoms with Crippen molar-refractivity contribution in [2.24, 2.45) is 0 Å². The second kappa shape index (κ2) is 5.95. The van der Waals surface area contributed by atoms with Gasteiger partial charge in [0.15, 0.2) is 0 Å². The number of amides is 2. The van der Waals surface area contributed by atoms with E-state index in [-0.39, 0.29) is 23.4 Å². The molecule has 0 aliphatic carbocycles. The number of carbonyl (C=O) groups is 2. The predicted molar refractivity (Wildman–Crippen MR) is 80.9 cm³/mol. The van der Waals surface area contributed by atoms with Crippen LogP contribution in [0.25, 0.3) is 0 Å². The van der Waals surface area contributed by atoms with Crippen molar-refractivity contribution in [1.29, 1.82) is 0 Å². The van der Waals surface area contributed by atoms with Gasteiger partial charge in [0, 0.05) is 17.5 Å². The number of nitrogens with zero attached hydrogens (tertiary/aromatic N) is 1. The Hall–Kier alpha value is -1.36. The van der Waals surface area contributed by atoms with Crippen LogP contribution in [0, 0.1) is 0 Å². The van der Waals surface area contributed by atoms with Gasteiger partial charge in [0.2, 0.25) is 5.91 Å². The first-order valence-electron chi connectivity index (χ1n) is 7.04. The molecule has 4 nitrogen and oxygen atoms in total. The molecule has 0 bridgehead atoms. The largest absolute Gasteiger partial charge is 0.350 e. The Morgan fingerprint density at radius 2 is 2.10 bits per heavy atom. The molecule has 0 radical (unpaired) electrons. The molecule has 1 aromatic rings. The lowest BCUT2D eigenvalue weighted by Crippen LogP contribution is -2.55. The second-order valence-electron chi connectivity index (χ2n) is 6.26. The normalized spacial score (nSPS) is 19.8. The van der Waals surface area contributed by atoms with E-state index in [2.05, 4.69) is 5.32 Å². The SMILES string of the molecule is CC(C)(C)NC(=O)[C@@H]1CCCCN1C(=O)c1ccsc1. The van der Waals surface area contributed by atoms with Gasteiger partial charge in [0.1, 0.15) is 6.04 Å². The third-order valence-corrected chi connectivity index (χ3v) is 4.02. The lowest BCUT2D eigenvalue weighted by atomic mass is 9.99. The highest BCUT2D eigenvalue weighted by atomic mass is 32.1. The van der Waals surface area contributed by atoms with Gasteiger partial charge in [-0.25, -0.2) is 0 Å². The Kier molecular flexibility index (Phi) is 4.48. The molecule has 20 heavy (non-hydrogen) atoms.